The highest BCUT2D eigenvalue weighted by Gasteiger charge is 2.21. The molecule has 216 valence electrons. The fourth-order valence-electron chi connectivity index (χ4n) is 4.93. The van der Waals surface area contributed by atoms with Crippen molar-refractivity contribution in [2.45, 2.75) is 186 Å². The predicted octanol–water partition coefficient (Wildman–Crippen LogP) is 7.59. The van der Waals surface area contributed by atoms with E-state index in [0.717, 1.165) is 25.7 Å². The molecular formula is C31H63NO4. The van der Waals surface area contributed by atoms with Crippen LogP contribution < -0.4 is 5.32 Å². The maximum atomic E-state index is 12.3. The lowest BCUT2D eigenvalue weighted by molar-refractivity contribution is -0.125. The monoisotopic (exact) mass is 513 g/mol. The average molecular weight is 514 g/mol. The van der Waals surface area contributed by atoms with E-state index in [9.17, 15) is 20.1 Å². The third-order valence-corrected chi connectivity index (χ3v) is 7.42. The summed E-state index contributed by atoms with van der Waals surface area (Å²) >= 11 is 0. The van der Waals surface area contributed by atoms with Crippen molar-refractivity contribution in [3.8, 4) is 0 Å². The number of rotatable bonds is 28. The van der Waals surface area contributed by atoms with Gasteiger partial charge in [-0.2, -0.15) is 0 Å². The zero-order chi connectivity index (χ0) is 26.7. The van der Waals surface area contributed by atoms with Crippen LogP contribution in [-0.4, -0.2) is 46.1 Å². The third kappa shape index (κ3) is 23.7. The molecule has 5 nitrogen and oxygen atoms in total. The fourth-order valence-corrected chi connectivity index (χ4v) is 4.93. The van der Waals surface area contributed by atoms with Gasteiger partial charge in [-0.15, -0.1) is 0 Å². The molecule has 36 heavy (non-hydrogen) atoms. The van der Waals surface area contributed by atoms with Gasteiger partial charge in [-0.25, -0.2) is 0 Å². The zero-order valence-electron chi connectivity index (χ0n) is 24.2. The molecule has 0 radical (unpaired) electrons. The van der Waals surface area contributed by atoms with Crippen molar-refractivity contribution < 1.29 is 20.1 Å². The van der Waals surface area contributed by atoms with Crippen LogP contribution in [0.1, 0.15) is 168 Å². The average Bonchev–Trinajstić information content (AvgIpc) is 2.86. The minimum atomic E-state index is -0.739. The first kappa shape index (κ1) is 35.4. The molecule has 0 bridgehead atoms. The van der Waals surface area contributed by atoms with Gasteiger partial charge in [0.05, 0.1) is 31.3 Å². The van der Waals surface area contributed by atoms with E-state index in [2.05, 4.69) is 19.2 Å². The first-order valence-electron chi connectivity index (χ1n) is 15.8. The Morgan fingerprint density at radius 3 is 1.33 bits per heavy atom. The van der Waals surface area contributed by atoms with E-state index in [-0.39, 0.29) is 18.9 Å². The van der Waals surface area contributed by atoms with Crippen LogP contribution >= 0.6 is 0 Å². The van der Waals surface area contributed by atoms with Crippen molar-refractivity contribution >= 4 is 5.91 Å². The van der Waals surface area contributed by atoms with E-state index in [0.29, 0.717) is 12.8 Å². The highest BCUT2D eigenvalue weighted by molar-refractivity contribution is 5.76. The molecule has 0 aliphatic heterocycles. The topological polar surface area (TPSA) is 89.8 Å². The van der Waals surface area contributed by atoms with Gasteiger partial charge in [0.15, 0.2) is 0 Å². The fraction of sp³-hybridized carbons (Fsp3) is 0.968. The Balaban J connectivity index is 3.72. The lowest BCUT2D eigenvalue weighted by Gasteiger charge is -2.23. The van der Waals surface area contributed by atoms with E-state index >= 15 is 0 Å². The summed E-state index contributed by atoms with van der Waals surface area (Å²) in [6, 6.07) is -0.648. The molecule has 0 aromatic rings. The van der Waals surface area contributed by atoms with Gasteiger partial charge >= 0.3 is 0 Å². The van der Waals surface area contributed by atoms with Crippen molar-refractivity contribution in [3.05, 3.63) is 0 Å². The third-order valence-electron chi connectivity index (χ3n) is 7.42. The number of carbonyl (C=O) groups is 1. The van der Waals surface area contributed by atoms with Crippen LogP contribution in [0.3, 0.4) is 0 Å². The summed E-state index contributed by atoms with van der Waals surface area (Å²) in [6.45, 7) is 4.21. The van der Waals surface area contributed by atoms with Crippen molar-refractivity contribution in [3.63, 3.8) is 0 Å². The van der Waals surface area contributed by atoms with E-state index in [1.165, 1.54) is 109 Å². The number of hydrogen-bond acceptors (Lipinski definition) is 4. The van der Waals surface area contributed by atoms with Crippen LogP contribution in [0.4, 0.5) is 0 Å². The number of carbonyl (C=O) groups excluding carboxylic acids is 1. The molecule has 0 heterocycles. The number of amides is 1. The Hall–Kier alpha value is -0.650. The highest BCUT2D eigenvalue weighted by atomic mass is 16.3. The number of aliphatic hydroxyl groups excluding tert-OH is 3. The molecule has 0 fully saturated rings. The molecule has 0 saturated carbocycles. The van der Waals surface area contributed by atoms with Crippen LogP contribution in [0, 0.1) is 0 Å². The maximum Gasteiger partial charge on any atom is 0.222 e. The molecule has 0 rings (SSSR count). The minimum absolute atomic E-state index is 0.0409. The number of nitrogens with one attached hydrogen (secondary N) is 1. The summed E-state index contributed by atoms with van der Waals surface area (Å²) in [5.41, 5.74) is 0. The van der Waals surface area contributed by atoms with E-state index < -0.39 is 18.2 Å². The molecular weight excluding hydrogens is 450 g/mol. The Labute approximate surface area is 224 Å². The van der Waals surface area contributed by atoms with E-state index in [4.69, 9.17) is 0 Å². The molecule has 0 spiro atoms. The molecule has 0 saturated heterocycles. The summed E-state index contributed by atoms with van der Waals surface area (Å²) in [5.74, 6) is -0.285. The van der Waals surface area contributed by atoms with Crippen LogP contribution in [-0.2, 0) is 4.79 Å². The normalized spacial score (nSPS) is 14.0. The second kappa shape index (κ2) is 27.4. The lowest BCUT2D eigenvalue weighted by atomic mass is 10.0. The zero-order valence-corrected chi connectivity index (χ0v) is 24.2. The van der Waals surface area contributed by atoms with Crippen LogP contribution in [0.25, 0.3) is 0 Å². The number of unbranched alkanes of at least 4 members (excludes halogenated alkanes) is 19. The second-order valence-corrected chi connectivity index (χ2v) is 11.1. The van der Waals surface area contributed by atoms with Crippen LogP contribution in [0.2, 0.25) is 0 Å². The second-order valence-electron chi connectivity index (χ2n) is 11.1. The standard InChI is InChI=1S/C31H63NO4/c1-3-5-7-9-11-13-15-16-18-20-22-24-28(34)26-31(36)32-29(27-33)30(35)25-23-21-19-17-14-12-10-8-6-4-2/h28-30,33-35H,3-27H2,1-2H3,(H,32,36). The summed E-state index contributed by atoms with van der Waals surface area (Å²) in [5, 5.41) is 32.9. The molecule has 3 atom stereocenters. The van der Waals surface area contributed by atoms with E-state index in [1.54, 1.807) is 0 Å². The van der Waals surface area contributed by atoms with Gasteiger partial charge in [-0.05, 0) is 12.8 Å². The molecule has 0 aliphatic rings. The lowest BCUT2D eigenvalue weighted by Crippen LogP contribution is -2.46. The Kier molecular flexibility index (Phi) is 26.9. The quantitative estimate of drug-likeness (QED) is 0.0811. The summed E-state index contributed by atoms with van der Waals surface area (Å²) in [6.07, 6.45) is 26.2. The highest BCUT2D eigenvalue weighted by Crippen LogP contribution is 2.15. The maximum absolute atomic E-state index is 12.3. The Bertz CT molecular complexity index is 460. The molecule has 1 amide bonds. The predicted molar refractivity (Wildman–Crippen MR) is 153 cm³/mol. The van der Waals surface area contributed by atoms with Crippen molar-refractivity contribution in [2.75, 3.05) is 6.61 Å². The molecule has 0 aliphatic carbocycles. The van der Waals surface area contributed by atoms with Gasteiger partial charge in [0, 0.05) is 0 Å². The summed E-state index contributed by atoms with van der Waals surface area (Å²) in [7, 11) is 0. The number of hydrogen-bond donors (Lipinski definition) is 4. The van der Waals surface area contributed by atoms with Gasteiger partial charge in [0.25, 0.3) is 0 Å². The van der Waals surface area contributed by atoms with E-state index in [1.807, 2.05) is 0 Å². The van der Waals surface area contributed by atoms with Gasteiger partial charge in [0.2, 0.25) is 5.91 Å². The Morgan fingerprint density at radius 1 is 0.583 bits per heavy atom. The van der Waals surface area contributed by atoms with Gasteiger partial charge in [-0.1, -0.05) is 149 Å². The first-order valence-corrected chi connectivity index (χ1v) is 15.8. The summed E-state index contributed by atoms with van der Waals surface area (Å²) in [4.78, 5) is 12.3. The number of aliphatic hydroxyl groups is 3. The Morgan fingerprint density at radius 2 is 0.944 bits per heavy atom. The van der Waals surface area contributed by atoms with Crippen molar-refractivity contribution in [1.29, 1.82) is 0 Å². The largest absolute Gasteiger partial charge is 0.394 e. The molecule has 0 aromatic carbocycles. The smallest absolute Gasteiger partial charge is 0.222 e. The van der Waals surface area contributed by atoms with Crippen LogP contribution in [0.5, 0.6) is 0 Å². The summed E-state index contributed by atoms with van der Waals surface area (Å²) < 4.78 is 0. The van der Waals surface area contributed by atoms with Crippen LogP contribution in [0.15, 0.2) is 0 Å². The van der Waals surface area contributed by atoms with Crippen molar-refractivity contribution in [2.24, 2.45) is 0 Å². The van der Waals surface area contributed by atoms with Gasteiger partial charge in [-0.3, -0.25) is 4.79 Å². The molecule has 4 N–H and O–H groups in total. The molecule has 0 aromatic heterocycles. The van der Waals surface area contributed by atoms with Crippen molar-refractivity contribution in [1.82, 2.24) is 5.32 Å². The molecule has 3 unspecified atom stereocenters. The molecule has 5 heteroatoms. The van der Waals surface area contributed by atoms with Gasteiger partial charge in [0.1, 0.15) is 0 Å². The first-order chi connectivity index (χ1) is 17.5. The van der Waals surface area contributed by atoms with Gasteiger partial charge < -0.3 is 20.6 Å². The minimum Gasteiger partial charge on any atom is -0.394 e. The SMILES string of the molecule is CCCCCCCCCCCCCC(O)CC(=O)NC(CO)C(O)CCCCCCCCCCCC.